The summed E-state index contributed by atoms with van der Waals surface area (Å²) in [6.45, 7) is 12.9. The summed E-state index contributed by atoms with van der Waals surface area (Å²) in [6, 6.07) is 0. The fourth-order valence-electron chi connectivity index (χ4n) is 6.58. The molecule has 0 fully saturated rings. The quantitative estimate of drug-likeness (QED) is 0.0371. The summed E-state index contributed by atoms with van der Waals surface area (Å²) in [5.41, 5.74) is -1.29. The zero-order valence-electron chi connectivity index (χ0n) is 34.0. The number of esters is 2. The molecule has 0 aromatic heterocycles. The van der Waals surface area contributed by atoms with Crippen LogP contribution in [0.5, 0.6) is 0 Å². The fourth-order valence-corrected chi connectivity index (χ4v) is 6.58. The van der Waals surface area contributed by atoms with E-state index >= 15 is 0 Å². The summed E-state index contributed by atoms with van der Waals surface area (Å²) in [5.74, 6) is -0.649. The highest BCUT2D eigenvalue weighted by Gasteiger charge is 2.23. The predicted molar refractivity (Wildman–Crippen MR) is 220 cm³/mol. The molecule has 0 aromatic carbocycles. The largest absolute Gasteiger partial charge is 0.466 e. The Morgan fingerprint density at radius 3 is 1.19 bits per heavy atom. The van der Waals surface area contributed by atoms with Crippen molar-refractivity contribution in [1.82, 2.24) is 0 Å². The summed E-state index contributed by atoms with van der Waals surface area (Å²) in [6.07, 6.45) is 41.5. The molecule has 2 N–H and O–H groups in total. The van der Waals surface area contributed by atoms with Gasteiger partial charge < -0.3 is 19.7 Å². The van der Waals surface area contributed by atoms with E-state index in [1.54, 1.807) is 0 Å². The van der Waals surface area contributed by atoms with Gasteiger partial charge >= 0.3 is 11.9 Å². The number of hydrogen-bond donors (Lipinski definition) is 2. The van der Waals surface area contributed by atoms with Crippen LogP contribution in [0.1, 0.15) is 206 Å². The molecule has 302 valence electrons. The van der Waals surface area contributed by atoms with Gasteiger partial charge in [0.2, 0.25) is 0 Å². The standard InChI is InChI=1S/C46H82O6/c1-5-9-11-27-37-45(49,35-7-3)39-29-23-19-15-13-17-21-25-31-41-51-43(47)33-34-44(48)52-42-32-26-22-18-14-16-20-24-30-40-46(50,36-8-4)38-28-12-10-6-2/h7-8,23-24,29-30,49-50H,3-6,9-22,25-28,31-42H2,1-2H3/b29-23-,30-24-. The molecule has 0 spiro atoms. The number of rotatable bonds is 39. The van der Waals surface area contributed by atoms with Crippen molar-refractivity contribution < 1.29 is 29.3 Å². The lowest BCUT2D eigenvalue weighted by atomic mass is 9.89. The Kier molecular flexibility index (Phi) is 34.3. The summed E-state index contributed by atoms with van der Waals surface area (Å²) in [5, 5.41) is 21.8. The Morgan fingerprint density at radius 2 is 0.827 bits per heavy atom. The topological polar surface area (TPSA) is 93.1 Å². The second kappa shape index (κ2) is 35.8. The van der Waals surface area contributed by atoms with Gasteiger partial charge in [-0.1, -0.05) is 153 Å². The lowest BCUT2D eigenvalue weighted by Gasteiger charge is -2.25. The molecule has 0 amide bonds. The Balaban J connectivity index is 3.67. The highest BCUT2D eigenvalue weighted by molar-refractivity contribution is 5.77. The number of carbonyl (C=O) groups excluding carboxylic acids is 2. The molecule has 0 aliphatic carbocycles. The minimum Gasteiger partial charge on any atom is -0.466 e. The van der Waals surface area contributed by atoms with E-state index in [1.807, 2.05) is 12.2 Å². The third-order valence-electron chi connectivity index (χ3n) is 9.96. The van der Waals surface area contributed by atoms with Gasteiger partial charge in [0.1, 0.15) is 0 Å². The van der Waals surface area contributed by atoms with Crippen LogP contribution in [0.4, 0.5) is 0 Å². The van der Waals surface area contributed by atoms with Gasteiger partial charge in [-0.3, -0.25) is 9.59 Å². The van der Waals surface area contributed by atoms with Crippen LogP contribution in [0.2, 0.25) is 0 Å². The van der Waals surface area contributed by atoms with Crippen molar-refractivity contribution in [1.29, 1.82) is 0 Å². The summed E-state index contributed by atoms with van der Waals surface area (Å²) in [4.78, 5) is 24.0. The molecule has 6 nitrogen and oxygen atoms in total. The van der Waals surface area contributed by atoms with Crippen molar-refractivity contribution in [3.8, 4) is 0 Å². The summed E-state index contributed by atoms with van der Waals surface area (Å²) in [7, 11) is 0. The van der Waals surface area contributed by atoms with E-state index in [9.17, 15) is 19.8 Å². The van der Waals surface area contributed by atoms with Gasteiger partial charge in [-0.25, -0.2) is 0 Å². The first-order valence-corrected chi connectivity index (χ1v) is 21.5. The molecular formula is C46H82O6. The van der Waals surface area contributed by atoms with Crippen molar-refractivity contribution in [2.75, 3.05) is 13.2 Å². The first kappa shape index (κ1) is 49.8. The Labute approximate surface area is 321 Å². The van der Waals surface area contributed by atoms with E-state index in [2.05, 4.69) is 51.3 Å². The van der Waals surface area contributed by atoms with Crippen molar-refractivity contribution >= 4 is 11.9 Å². The van der Waals surface area contributed by atoms with E-state index in [-0.39, 0.29) is 24.8 Å². The number of allylic oxidation sites excluding steroid dienone is 2. The molecule has 0 aliphatic rings. The Bertz CT molecular complexity index is 852. The number of hydrogen-bond acceptors (Lipinski definition) is 6. The molecule has 0 rings (SSSR count). The van der Waals surface area contributed by atoms with Crippen LogP contribution in [0, 0.1) is 0 Å². The third-order valence-corrected chi connectivity index (χ3v) is 9.96. The Hall–Kier alpha value is -2.18. The van der Waals surface area contributed by atoms with Crippen molar-refractivity contribution in [3.05, 3.63) is 49.6 Å². The molecule has 2 unspecified atom stereocenters. The first-order chi connectivity index (χ1) is 25.2. The van der Waals surface area contributed by atoms with E-state index in [0.29, 0.717) is 38.9 Å². The fraction of sp³-hybridized carbons (Fsp3) is 0.783. The van der Waals surface area contributed by atoms with Crippen LogP contribution in [0.25, 0.3) is 0 Å². The van der Waals surface area contributed by atoms with Crippen LogP contribution in [0.15, 0.2) is 49.6 Å². The van der Waals surface area contributed by atoms with E-state index in [1.165, 1.54) is 64.2 Å². The zero-order chi connectivity index (χ0) is 38.4. The molecule has 0 saturated heterocycles. The molecule has 0 saturated carbocycles. The molecule has 0 aromatic rings. The maximum Gasteiger partial charge on any atom is 0.306 e. The average Bonchev–Trinajstić information content (AvgIpc) is 3.12. The van der Waals surface area contributed by atoms with Gasteiger partial charge in [0.15, 0.2) is 0 Å². The number of unbranched alkanes of at least 4 members (excludes halogenated alkanes) is 18. The van der Waals surface area contributed by atoms with E-state index in [0.717, 1.165) is 89.9 Å². The number of ether oxygens (including phenoxy) is 2. The average molecular weight is 731 g/mol. The van der Waals surface area contributed by atoms with Gasteiger partial charge in [0.05, 0.1) is 37.3 Å². The minimum atomic E-state index is -0.644. The third kappa shape index (κ3) is 32.5. The van der Waals surface area contributed by atoms with Crippen LogP contribution in [-0.4, -0.2) is 46.6 Å². The van der Waals surface area contributed by atoms with Crippen LogP contribution in [-0.2, 0) is 19.1 Å². The predicted octanol–water partition coefficient (Wildman–Crippen LogP) is 12.8. The Morgan fingerprint density at radius 1 is 0.481 bits per heavy atom. The summed E-state index contributed by atoms with van der Waals surface area (Å²) >= 11 is 0. The zero-order valence-corrected chi connectivity index (χ0v) is 34.0. The summed E-state index contributed by atoms with van der Waals surface area (Å²) < 4.78 is 10.6. The molecule has 0 aliphatic heterocycles. The van der Waals surface area contributed by atoms with Crippen LogP contribution in [0.3, 0.4) is 0 Å². The van der Waals surface area contributed by atoms with Crippen LogP contribution < -0.4 is 0 Å². The molecular weight excluding hydrogens is 648 g/mol. The molecule has 52 heavy (non-hydrogen) atoms. The highest BCUT2D eigenvalue weighted by Crippen LogP contribution is 2.26. The second-order valence-corrected chi connectivity index (χ2v) is 15.2. The molecule has 0 heterocycles. The maximum absolute atomic E-state index is 12.0. The smallest absolute Gasteiger partial charge is 0.306 e. The van der Waals surface area contributed by atoms with Gasteiger partial charge in [0, 0.05) is 0 Å². The van der Waals surface area contributed by atoms with Gasteiger partial charge in [0.25, 0.3) is 0 Å². The van der Waals surface area contributed by atoms with Gasteiger partial charge in [-0.15, -0.1) is 13.2 Å². The lowest BCUT2D eigenvalue weighted by Crippen LogP contribution is -2.27. The van der Waals surface area contributed by atoms with Crippen LogP contribution >= 0.6 is 0 Å². The normalized spacial score (nSPS) is 14.0. The van der Waals surface area contributed by atoms with Crippen molar-refractivity contribution in [2.24, 2.45) is 0 Å². The molecule has 6 heteroatoms. The number of aliphatic hydroxyl groups is 2. The van der Waals surface area contributed by atoms with Crippen molar-refractivity contribution in [3.63, 3.8) is 0 Å². The van der Waals surface area contributed by atoms with Gasteiger partial charge in [-0.2, -0.15) is 0 Å². The minimum absolute atomic E-state index is 0.0805. The van der Waals surface area contributed by atoms with E-state index < -0.39 is 11.2 Å². The maximum atomic E-state index is 12.0. The van der Waals surface area contributed by atoms with Crippen molar-refractivity contribution in [2.45, 2.75) is 218 Å². The van der Waals surface area contributed by atoms with E-state index in [4.69, 9.17) is 9.47 Å². The first-order valence-electron chi connectivity index (χ1n) is 21.5. The molecule has 0 bridgehead atoms. The molecule has 0 radical (unpaired) electrons. The second-order valence-electron chi connectivity index (χ2n) is 15.2. The number of carbonyl (C=O) groups is 2. The SMILES string of the molecule is C=CCC(O)(C/C=C\CCCCCCCCOC(=O)CCC(=O)OCCCCCCCC/C=C\CC(O)(CC=C)CCCCCC)CCCCCC. The molecule has 2 atom stereocenters. The highest BCUT2D eigenvalue weighted by atomic mass is 16.5. The van der Waals surface area contributed by atoms with Gasteiger partial charge in [-0.05, 0) is 77.0 Å². The monoisotopic (exact) mass is 731 g/mol. The lowest BCUT2D eigenvalue weighted by molar-refractivity contribution is -0.150.